The van der Waals surface area contributed by atoms with Crippen LogP contribution in [0.4, 0.5) is 16.3 Å². The van der Waals surface area contributed by atoms with Crippen LogP contribution in [0.15, 0.2) is 42.7 Å². The number of hydrogen-bond acceptors (Lipinski definition) is 5. The molecule has 2 aliphatic rings. The van der Waals surface area contributed by atoms with E-state index in [0.717, 1.165) is 32.1 Å². The smallest absolute Gasteiger partial charge is 0.325 e. The van der Waals surface area contributed by atoms with Crippen molar-refractivity contribution in [2.24, 2.45) is 0 Å². The summed E-state index contributed by atoms with van der Waals surface area (Å²) in [6.07, 6.45) is 8.34. The van der Waals surface area contributed by atoms with Crippen LogP contribution in [0.2, 0.25) is 0 Å². The van der Waals surface area contributed by atoms with E-state index in [1.54, 1.807) is 47.5 Å². The molecule has 2 aromatic heterocycles. The number of carbonyl (C=O) groups is 2. The fourth-order valence-corrected chi connectivity index (χ4v) is 4.29. The number of nitrogens with one attached hydrogen (secondary N) is 1. The maximum atomic E-state index is 13.3. The van der Waals surface area contributed by atoms with Crippen molar-refractivity contribution >= 4 is 23.4 Å². The highest BCUT2D eigenvalue weighted by molar-refractivity contribution is 6.00. The number of pyridine rings is 2. The first-order chi connectivity index (χ1) is 14.1. The molecule has 0 unspecified atom stereocenters. The Kier molecular flexibility index (Phi) is 5.33. The first-order valence-corrected chi connectivity index (χ1v) is 9.91. The van der Waals surface area contributed by atoms with Gasteiger partial charge in [0, 0.05) is 12.3 Å². The van der Waals surface area contributed by atoms with E-state index < -0.39 is 0 Å². The zero-order valence-corrected chi connectivity index (χ0v) is 16.5. The third-order valence-electron chi connectivity index (χ3n) is 5.75. The Hall–Kier alpha value is -3.16. The van der Waals surface area contributed by atoms with E-state index in [-0.39, 0.29) is 24.0 Å². The minimum atomic E-state index is -0.323. The van der Waals surface area contributed by atoms with Crippen LogP contribution in [0.3, 0.4) is 0 Å². The molecule has 8 heteroatoms. The van der Waals surface area contributed by atoms with E-state index in [0.29, 0.717) is 23.9 Å². The predicted molar refractivity (Wildman–Crippen MR) is 109 cm³/mol. The van der Waals surface area contributed by atoms with Gasteiger partial charge in [-0.05, 0) is 31.0 Å². The van der Waals surface area contributed by atoms with E-state index in [1.807, 2.05) is 12.1 Å². The quantitative estimate of drug-likeness (QED) is 0.841. The van der Waals surface area contributed by atoms with Crippen LogP contribution >= 0.6 is 0 Å². The number of nitrogens with zero attached hydrogens (tertiary/aromatic N) is 4. The molecule has 0 atom stereocenters. The Balaban J connectivity index is 1.55. The van der Waals surface area contributed by atoms with Crippen molar-refractivity contribution in [2.75, 3.05) is 30.4 Å². The van der Waals surface area contributed by atoms with Crippen LogP contribution in [-0.2, 0) is 4.79 Å². The number of methoxy groups -OCH3 is 1. The van der Waals surface area contributed by atoms with Gasteiger partial charge >= 0.3 is 6.03 Å². The van der Waals surface area contributed by atoms with Crippen LogP contribution in [0.1, 0.15) is 32.1 Å². The average molecular weight is 395 g/mol. The molecule has 0 bridgehead atoms. The summed E-state index contributed by atoms with van der Waals surface area (Å²) in [4.78, 5) is 37.8. The second kappa shape index (κ2) is 8.06. The largest absolute Gasteiger partial charge is 0.481 e. The fourth-order valence-electron chi connectivity index (χ4n) is 4.29. The second-order valence-corrected chi connectivity index (χ2v) is 7.56. The van der Waals surface area contributed by atoms with Gasteiger partial charge in [0.1, 0.15) is 12.4 Å². The van der Waals surface area contributed by atoms with Gasteiger partial charge in [-0.2, -0.15) is 0 Å². The summed E-state index contributed by atoms with van der Waals surface area (Å²) in [5, 5.41) is 2.79. The molecule has 0 aromatic carbocycles. The molecule has 1 aliphatic heterocycles. The van der Waals surface area contributed by atoms with Gasteiger partial charge in [-0.1, -0.05) is 25.3 Å². The SMILES string of the molecule is COc1ccc(N2CC3(CCCCC3)N(CC(=O)Nc3ccccn3)C2=O)cn1. The molecule has 4 rings (SSSR count). The molecule has 29 heavy (non-hydrogen) atoms. The minimum absolute atomic E-state index is 0.00942. The highest BCUT2D eigenvalue weighted by Crippen LogP contribution is 2.41. The lowest BCUT2D eigenvalue weighted by molar-refractivity contribution is -0.117. The monoisotopic (exact) mass is 395 g/mol. The molecule has 2 fully saturated rings. The molecule has 1 saturated heterocycles. The zero-order chi connectivity index (χ0) is 20.3. The van der Waals surface area contributed by atoms with Crippen LogP contribution in [0.5, 0.6) is 5.88 Å². The van der Waals surface area contributed by atoms with Crippen LogP contribution in [0, 0.1) is 0 Å². The van der Waals surface area contributed by atoms with Gasteiger partial charge in [0.15, 0.2) is 0 Å². The third-order valence-corrected chi connectivity index (χ3v) is 5.75. The third kappa shape index (κ3) is 3.87. The lowest BCUT2D eigenvalue weighted by atomic mass is 9.81. The van der Waals surface area contributed by atoms with Crippen molar-refractivity contribution in [3.8, 4) is 5.88 Å². The van der Waals surface area contributed by atoms with E-state index in [2.05, 4.69) is 15.3 Å². The minimum Gasteiger partial charge on any atom is -0.481 e. The summed E-state index contributed by atoms with van der Waals surface area (Å²) in [5.74, 6) is 0.745. The second-order valence-electron chi connectivity index (χ2n) is 7.56. The Morgan fingerprint density at radius 2 is 2.00 bits per heavy atom. The Labute approximate surface area is 169 Å². The van der Waals surface area contributed by atoms with Gasteiger partial charge in [0.05, 0.1) is 31.1 Å². The first kappa shape index (κ1) is 19.2. The van der Waals surface area contributed by atoms with Crippen molar-refractivity contribution in [1.82, 2.24) is 14.9 Å². The number of rotatable bonds is 5. The number of amides is 3. The molecule has 1 N–H and O–H groups in total. The molecule has 152 valence electrons. The number of urea groups is 1. The molecule has 0 radical (unpaired) electrons. The van der Waals surface area contributed by atoms with Crippen molar-refractivity contribution < 1.29 is 14.3 Å². The van der Waals surface area contributed by atoms with Crippen LogP contribution in [0.25, 0.3) is 0 Å². The highest BCUT2D eigenvalue weighted by atomic mass is 16.5. The number of carbonyl (C=O) groups excluding carboxylic acids is 2. The van der Waals surface area contributed by atoms with Gasteiger partial charge in [0.2, 0.25) is 11.8 Å². The van der Waals surface area contributed by atoms with Gasteiger partial charge in [-0.25, -0.2) is 14.8 Å². The van der Waals surface area contributed by atoms with Crippen LogP contribution < -0.4 is 15.0 Å². The average Bonchev–Trinajstić information content (AvgIpc) is 3.01. The summed E-state index contributed by atoms with van der Waals surface area (Å²) >= 11 is 0. The lowest BCUT2D eigenvalue weighted by Gasteiger charge is -2.39. The van der Waals surface area contributed by atoms with Crippen LogP contribution in [-0.4, -0.2) is 52.5 Å². The summed E-state index contributed by atoms with van der Waals surface area (Å²) < 4.78 is 5.12. The van der Waals surface area contributed by atoms with Crippen molar-refractivity contribution in [3.63, 3.8) is 0 Å². The number of aromatic nitrogens is 2. The maximum absolute atomic E-state index is 13.3. The predicted octanol–water partition coefficient (Wildman–Crippen LogP) is 3.07. The number of hydrogen-bond donors (Lipinski definition) is 1. The van der Waals surface area contributed by atoms with Gasteiger partial charge in [-0.3, -0.25) is 9.69 Å². The first-order valence-electron chi connectivity index (χ1n) is 9.91. The summed E-state index contributed by atoms with van der Waals surface area (Å²) in [5.41, 5.74) is 0.393. The van der Waals surface area contributed by atoms with Gasteiger partial charge in [0.25, 0.3) is 0 Å². The fraction of sp³-hybridized carbons (Fsp3) is 0.429. The van der Waals surface area contributed by atoms with Crippen molar-refractivity contribution in [1.29, 1.82) is 0 Å². The summed E-state index contributed by atoms with van der Waals surface area (Å²) in [6.45, 7) is 0.576. The molecule has 1 spiro atoms. The van der Waals surface area contributed by atoms with E-state index >= 15 is 0 Å². The summed E-state index contributed by atoms with van der Waals surface area (Å²) in [7, 11) is 1.56. The number of ether oxygens (including phenoxy) is 1. The molecule has 1 aliphatic carbocycles. The van der Waals surface area contributed by atoms with Crippen molar-refractivity contribution in [3.05, 3.63) is 42.7 Å². The van der Waals surface area contributed by atoms with Gasteiger partial charge in [-0.15, -0.1) is 0 Å². The molecule has 8 nitrogen and oxygen atoms in total. The zero-order valence-electron chi connectivity index (χ0n) is 16.5. The highest BCUT2D eigenvalue weighted by Gasteiger charge is 2.50. The Morgan fingerprint density at radius 1 is 1.17 bits per heavy atom. The Morgan fingerprint density at radius 3 is 2.66 bits per heavy atom. The normalized spacial score (nSPS) is 18.2. The molecule has 2 aromatic rings. The van der Waals surface area contributed by atoms with E-state index in [4.69, 9.17) is 4.74 Å². The van der Waals surface area contributed by atoms with Crippen molar-refractivity contribution in [2.45, 2.75) is 37.6 Å². The Bertz CT molecular complexity index is 866. The molecule has 3 amide bonds. The number of anilines is 2. The molecule has 3 heterocycles. The topological polar surface area (TPSA) is 87.7 Å². The van der Waals surface area contributed by atoms with E-state index in [1.165, 1.54) is 0 Å². The maximum Gasteiger partial charge on any atom is 0.325 e. The summed E-state index contributed by atoms with van der Waals surface area (Å²) in [6, 6.07) is 8.75. The molecular weight excluding hydrogens is 370 g/mol. The molecule has 1 saturated carbocycles. The standard InChI is InChI=1S/C21H25N5O3/c1-29-19-9-8-16(13-23-19)25-15-21(10-4-2-5-11-21)26(20(25)28)14-18(27)24-17-7-3-6-12-22-17/h3,6-9,12-13H,2,4-5,10-11,14-15H2,1H3,(H,22,24,27). The lowest BCUT2D eigenvalue weighted by Crippen LogP contribution is -2.51. The molecular formula is C21H25N5O3. The van der Waals surface area contributed by atoms with E-state index in [9.17, 15) is 9.59 Å². The van der Waals surface area contributed by atoms with Gasteiger partial charge < -0.3 is 15.0 Å².